The summed E-state index contributed by atoms with van der Waals surface area (Å²) in [5, 5.41) is 4.71. The second-order valence-electron chi connectivity index (χ2n) is 11.0. The van der Waals surface area contributed by atoms with E-state index < -0.39 is 0 Å². The number of nitrogens with zero attached hydrogens (tertiary/aromatic N) is 3. The normalized spacial score (nSPS) is 12.6. The Kier molecular flexibility index (Phi) is 9.31. The van der Waals surface area contributed by atoms with Crippen LogP contribution in [0, 0.1) is 11.3 Å². The van der Waals surface area contributed by atoms with Gasteiger partial charge in [0.05, 0.1) is 5.52 Å². The Morgan fingerprint density at radius 2 is 1.88 bits per heavy atom. The van der Waals surface area contributed by atoms with Gasteiger partial charge in [-0.2, -0.15) is 0 Å². The van der Waals surface area contributed by atoms with Crippen LogP contribution in [0.3, 0.4) is 0 Å². The quantitative estimate of drug-likeness (QED) is 0.203. The Balaban J connectivity index is 1.47. The summed E-state index contributed by atoms with van der Waals surface area (Å²) in [6.45, 7) is 14.6. The predicted octanol–water partition coefficient (Wildman–Crippen LogP) is 5.91. The number of rotatable bonds is 14. The van der Waals surface area contributed by atoms with E-state index in [2.05, 4.69) is 80.1 Å². The van der Waals surface area contributed by atoms with E-state index in [4.69, 9.17) is 10.7 Å². The maximum Gasteiger partial charge on any atom is 0.150 e. The van der Waals surface area contributed by atoms with E-state index in [0.717, 1.165) is 73.2 Å². The summed E-state index contributed by atoms with van der Waals surface area (Å²) in [5.41, 5.74) is 10.7. The third-order valence-corrected chi connectivity index (χ3v) is 7.36. The molecule has 0 fully saturated rings. The minimum absolute atomic E-state index is 0.334. The van der Waals surface area contributed by atoms with Gasteiger partial charge in [0.2, 0.25) is 0 Å². The first kappa shape index (κ1) is 26.4. The molecule has 0 saturated heterocycles. The molecule has 0 aliphatic rings. The molecule has 188 valence electrons. The molecule has 3 aromatic rings. The molecule has 0 aliphatic heterocycles. The molecule has 6 nitrogen and oxygen atoms in total. The van der Waals surface area contributed by atoms with Crippen molar-refractivity contribution in [2.75, 3.05) is 32.5 Å². The number of nitrogens with one attached hydrogen (secondary N) is 2. The van der Waals surface area contributed by atoms with Crippen LogP contribution in [-0.4, -0.2) is 46.7 Å². The lowest BCUT2D eigenvalue weighted by Crippen LogP contribution is -2.39. The average molecular weight is 467 g/mol. The lowest BCUT2D eigenvalue weighted by atomic mass is 9.81. The molecule has 6 heteroatoms. The van der Waals surface area contributed by atoms with Gasteiger partial charge in [-0.1, -0.05) is 59.6 Å². The molecule has 34 heavy (non-hydrogen) atoms. The lowest BCUT2D eigenvalue weighted by molar-refractivity contribution is 0.211. The SMILES string of the molecule is CCCCc1nc2c([nH]1)c(N)nc1cc(CCCCCN(C)CNCC(C)(C)C(C)C)ccc12. The number of fused-ring (bicyclic) bond motifs is 3. The molecule has 0 bridgehead atoms. The van der Waals surface area contributed by atoms with Crippen molar-refractivity contribution in [2.45, 2.75) is 79.6 Å². The standard InChI is InChI=1S/C28H46N6/c1-7-8-13-24-32-25-22-15-14-21(17-23(22)31-27(29)26(25)33-24)12-10-9-11-16-34(6)19-30-18-28(4,5)20(2)3/h14-15,17,20,30H,7-13,16,18-19H2,1-6H3,(H2,29,31)(H,32,33). The molecule has 1 aromatic carbocycles. The highest BCUT2D eigenvalue weighted by atomic mass is 15.2. The van der Waals surface area contributed by atoms with Gasteiger partial charge in [0.1, 0.15) is 22.7 Å². The number of hydrogen-bond acceptors (Lipinski definition) is 5. The third-order valence-electron chi connectivity index (χ3n) is 7.36. The van der Waals surface area contributed by atoms with Crippen LogP contribution in [0.15, 0.2) is 18.2 Å². The van der Waals surface area contributed by atoms with Gasteiger partial charge in [-0.3, -0.25) is 4.90 Å². The molecule has 2 aromatic heterocycles. The largest absolute Gasteiger partial charge is 0.382 e. The van der Waals surface area contributed by atoms with Crippen molar-refractivity contribution in [1.29, 1.82) is 0 Å². The zero-order chi connectivity index (χ0) is 24.7. The van der Waals surface area contributed by atoms with Crippen molar-refractivity contribution < 1.29 is 0 Å². The van der Waals surface area contributed by atoms with Gasteiger partial charge in [-0.25, -0.2) is 9.97 Å². The van der Waals surface area contributed by atoms with E-state index in [9.17, 15) is 0 Å². The fourth-order valence-corrected chi connectivity index (χ4v) is 4.22. The van der Waals surface area contributed by atoms with Gasteiger partial charge in [0, 0.05) is 25.0 Å². The van der Waals surface area contributed by atoms with Gasteiger partial charge in [-0.05, 0) is 62.2 Å². The Labute approximate surface area is 206 Å². The Morgan fingerprint density at radius 1 is 1.09 bits per heavy atom. The molecular weight excluding hydrogens is 420 g/mol. The maximum absolute atomic E-state index is 6.26. The molecule has 3 rings (SSSR count). The van der Waals surface area contributed by atoms with Gasteiger partial charge in [0.25, 0.3) is 0 Å². The number of aromatic amines is 1. The summed E-state index contributed by atoms with van der Waals surface area (Å²) in [5.74, 6) is 2.23. The fraction of sp³-hybridized carbons (Fsp3) is 0.643. The van der Waals surface area contributed by atoms with Crippen molar-refractivity contribution in [3.05, 3.63) is 29.6 Å². The van der Waals surface area contributed by atoms with Crippen LogP contribution in [0.25, 0.3) is 21.9 Å². The summed E-state index contributed by atoms with van der Waals surface area (Å²) in [6, 6.07) is 6.59. The number of nitrogens with two attached hydrogens (primary N) is 1. The van der Waals surface area contributed by atoms with Crippen LogP contribution in [0.4, 0.5) is 5.82 Å². The number of imidazole rings is 1. The van der Waals surface area contributed by atoms with Crippen LogP contribution >= 0.6 is 0 Å². The van der Waals surface area contributed by atoms with Gasteiger partial charge >= 0.3 is 0 Å². The predicted molar refractivity (Wildman–Crippen MR) is 146 cm³/mol. The number of unbranched alkanes of at least 4 members (excludes halogenated alkanes) is 3. The monoisotopic (exact) mass is 466 g/mol. The van der Waals surface area contributed by atoms with Crippen LogP contribution in [0.2, 0.25) is 0 Å². The van der Waals surface area contributed by atoms with E-state index in [1.165, 1.54) is 24.8 Å². The molecule has 0 atom stereocenters. The second kappa shape index (κ2) is 12.0. The highest BCUT2D eigenvalue weighted by Crippen LogP contribution is 2.28. The highest BCUT2D eigenvalue weighted by molar-refractivity contribution is 6.06. The summed E-state index contributed by atoms with van der Waals surface area (Å²) >= 11 is 0. The summed E-state index contributed by atoms with van der Waals surface area (Å²) in [7, 11) is 2.21. The zero-order valence-corrected chi connectivity index (χ0v) is 22.3. The van der Waals surface area contributed by atoms with Crippen molar-refractivity contribution in [1.82, 2.24) is 25.2 Å². The molecule has 0 amide bonds. The summed E-state index contributed by atoms with van der Waals surface area (Å²) in [4.78, 5) is 15.3. The molecular formula is C28H46N6. The van der Waals surface area contributed by atoms with Crippen molar-refractivity contribution >= 4 is 27.8 Å². The minimum atomic E-state index is 0.334. The van der Waals surface area contributed by atoms with Crippen LogP contribution in [0.1, 0.15) is 78.1 Å². The molecule has 0 saturated carbocycles. The molecule has 0 radical (unpaired) electrons. The number of pyridine rings is 1. The molecule has 4 N–H and O–H groups in total. The maximum atomic E-state index is 6.26. The van der Waals surface area contributed by atoms with Crippen LogP contribution in [-0.2, 0) is 12.8 Å². The van der Waals surface area contributed by atoms with E-state index in [1.54, 1.807) is 0 Å². The first-order valence-electron chi connectivity index (χ1n) is 13.2. The molecule has 0 spiro atoms. The fourth-order valence-electron chi connectivity index (χ4n) is 4.22. The van der Waals surface area contributed by atoms with Crippen molar-refractivity contribution in [2.24, 2.45) is 11.3 Å². The Bertz CT molecular complexity index is 1050. The average Bonchev–Trinajstić information content (AvgIpc) is 3.22. The Morgan fingerprint density at radius 3 is 2.62 bits per heavy atom. The number of aryl methyl sites for hydroxylation is 2. The zero-order valence-electron chi connectivity index (χ0n) is 22.3. The van der Waals surface area contributed by atoms with E-state index >= 15 is 0 Å². The number of benzene rings is 1. The smallest absolute Gasteiger partial charge is 0.150 e. The van der Waals surface area contributed by atoms with Gasteiger partial charge in [-0.15, -0.1) is 0 Å². The van der Waals surface area contributed by atoms with Gasteiger partial charge in [0.15, 0.2) is 0 Å². The minimum Gasteiger partial charge on any atom is -0.382 e. The molecule has 2 heterocycles. The summed E-state index contributed by atoms with van der Waals surface area (Å²) < 4.78 is 0. The lowest BCUT2D eigenvalue weighted by Gasteiger charge is -2.30. The van der Waals surface area contributed by atoms with Crippen molar-refractivity contribution in [3.63, 3.8) is 0 Å². The van der Waals surface area contributed by atoms with E-state index in [0.29, 0.717) is 17.2 Å². The van der Waals surface area contributed by atoms with E-state index in [1.807, 2.05) is 0 Å². The number of nitrogen functional groups attached to an aromatic ring is 1. The topological polar surface area (TPSA) is 82.9 Å². The number of H-pyrrole nitrogens is 1. The highest BCUT2D eigenvalue weighted by Gasteiger charge is 2.21. The summed E-state index contributed by atoms with van der Waals surface area (Å²) in [6.07, 6.45) is 7.94. The van der Waals surface area contributed by atoms with E-state index in [-0.39, 0.29) is 0 Å². The Hall–Kier alpha value is -2.18. The van der Waals surface area contributed by atoms with Crippen LogP contribution < -0.4 is 11.1 Å². The van der Waals surface area contributed by atoms with Gasteiger partial charge < -0.3 is 16.0 Å². The first-order chi connectivity index (χ1) is 16.2. The molecule has 0 unspecified atom stereocenters. The van der Waals surface area contributed by atoms with Crippen LogP contribution in [0.5, 0.6) is 0 Å². The number of aromatic nitrogens is 3. The number of anilines is 1. The second-order valence-corrected chi connectivity index (χ2v) is 11.0. The van der Waals surface area contributed by atoms with Crippen molar-refractivity contribution in [3.8, 4) is 0 Å². The first-order valence-corrected chi connectivity index (χ1v) is 13.2. The third kappa shape index (κ3) is 6.92. The number of hydrogen-bond donors (Lipinski definition) is 3. The molecule has 0 aliphatic carbocycles.